The van der Waals surface area contributed by atoms with Crippen LogP contribution in [0.5, 0.6) is 17.2 Å². The molecule has 168 valence electrons. The Morgan fingerprint density at radius 3 is 2.56 bits per heavy atom. The lowest BCUT2D eigenvalue weighted by molar-refractivity contribution is -0.111. The summed E-state index contributed by atoms with van der Waals surface area (Å²) in [6.45, 7) is 2.86. The second-order valence-electron chi connectivity index (χ2n) is 6.94. The Balaban J connectivity index is 1.60. The second kappa shape index (κ2) is 9.41. The summed E-state index contributed by atoms with van der Waals surface area (Å²) in [4.78, 5) is 18.1. The van der Waals surface area contributed by atoms with Crippen molar-refractivity contribution < 1.29 is 28.3 Å². The van der Waals surface area contributed by atoms with Crippen LogP contribution in [0.1, 0.15) is 21.8 Å². The van der Waals surface area contributed by atoms with E-state index < -0.39 is 0 Å². The number of fused-ring (bicyclic) bond motifs is 1. The summed E-state index contributed by atoms with van der Waals surface area (Å²) < 4.78 is 27.0. The number of nitrogens with zero attached hydrogens (tertiary/aromatic N) is 2. The minimum atomic E-state index is -0.296. The summed E-state index contributed by atoms with van der Waals surface area (Å²) >= 11 is 1.46. The highest BCUT2D eigenvalue weighted by atomic mass is 32.1. The molecule has 3 aromatic rings. The van der Waals surface area contributed by atoms with Gasteiger partial charge in [-0.1, -0.05) is 5.16 Å². The van der Waals surface area contributed by atoms with Gasteiger partial charge in [0.2, 0.25) is 11.7 Å². The van der Waals surface area contributed by atoms with Crippen molar-refractivity contribution in [3.8, 4) is 28.7 Å². The highest BCUT2D eigenvalue weighted by Crippen LogP contribution is 2.42. The molecule has 9 nitrogen and oxygen atoms in total. The van der Waals surface area contributed by atoms with Crippen LogP contribution in [0.3, 0.4) is 0 Å². The zero-order valence-corrected chi connectivity index (χ0v) is 19.0. The van der Waals surface area contributed by atoms with Crippen LogP contribution in [0, 0.1) is 6.92 Å². The number of carbonyl (C=O) groups is 1. The first-order valence-corrected chi connectivity index (χ1v) is 10.7. The third-order valence-corrected chi connectivity index (χ3v) is 6.03. The second-order valence-corrected chi connectivity index (χ2v) is 8.04. The lowest BCUT2D eigenvalue weighted by atomic mass is 10.1. The fourth-order valence-electron chi connectivity index (χ4n) is 3.47. The summed E-state index contributed by atoms with van der Waals surface area (Å²) in [6, 6.07) is 3.53. The standard InChI is InChI=1S/C22H23N3O6S/c1-12-23-21(31-25-12)19-14-7-8-30-11-17(14)32-22(19)24-18(26)6-5-13-9-15(27-2)20(29-4)16(10-13)28-3/h5-6,9-10H,7-8,11H2,1-4H3,(H,24,26). The number of ether oxygens (including phenoxy) is 4. The number of thiophene rings is 1. The van der Waals surface area contributed by atoms with Gasteiger partial charge < -0.3 is 28.8 Å². The van der Waals surface area contributed by atoms with E-state index in [0.717, 1.165) is 28.0 Å². The maximum Gasteiger partial charge on any atom is 0.261 e. The Labute approximate surface area is 188 Å². The van der Waals surface area contributed by atoms with Gasteiger partial charge in [0, 0.05) is 11.0 Å². The number of methoxy groups -OCH3 is 3. The Kier molecular flexibility index (Phi) is 6.42. The zero-order valence-electron chi connectivity index (χ0n) is 18.2. The first kappa shape index (κ1) is 21.8. The third-order valence-electron chi connectivity index (χ3n) is 4.91. The molecule has 32 heavy (non-hydrogen) atoms. The Hall–Kier alpha value is -3.37. The van der Waals surface area contributed by atoms with Crippen molar-refractivity contribution in [1.82, 2.24) is 10.1 Å². The van der Waals surface area contributed by atoms with Crippen LogP contribution in [-0.4, -0.2) is 44.0 Å². The molecule has 1 aliphatic heterocycles. The molecule has 0 atom stereocenters. The van der Waals surface area contributed by atoms with Crippen molar-refractivity contribution in [2.75, 3.05) is 33.3 Å². The fourth-order valence-corrected chi connectivity index (χ4v) is 4.65. The van der Waals surface area contributed by atoms with Crippen molar-refractivity contribution in [3.05, 3.63) is 40.0 Å². The molecule has 4 rings (SSSR count). The minimum absolute atomic E-state index is 0.296. The van der Waals surface area contributed by atoms with Gasteiger partial charge in [0.1, 0.15) is 5.00 Å². The zero-order chi connectivity index (χ0) is 22.7. The number of hydrogen-bond donors (Lipinski definition) is 1. The maximum atomic E-state index is 12.7. The molecular weight excluding hydrogens is 434 g/mol. The average Bonchev–Trinajstić information content (AvgIpc) is 3.39. The molecule has 0 saturated heterocycles. The fraction of sp³-hybridized carbons (Fsp3) is 0.318. The van der Waals surface area contributed by atoms with Crippen molar-refractivity contribution in [1.29, 1.82) is 0 Å². The van der Waals surface area contributed by atoms with Crippen LogP contribution >= 0.6 is 11.3 Å². The summed E-state index contributed by atoms with van der Waals surface area (Å²) in [5.41, 5.74) is 2.57. The molecule has 0 bridgehead atoms. The SMILES string of the molecule is COc1cc(C=CC(=O)Nc2sc3c(c2-c2nc(C)no2)CCOC3)cc(OC)c1OC. The van der Waals surface area contributed by atoms with E-state index in [2.05, 4.69) is 15.5 Å². The molecule has 0 unspecified atom stereocenters. The molecule has 1 N–H and O–H groups in total. The van der Waals surface area contributed by atoms with Crippen LogP contribution in [0.4, 0.5) is 5.00 Å². The van der Waals surface area contributed by atoms with Crippen LogP contribution in [0.2, 0.25) is 0 Å². The van der Waals surface area contributed by atoms with Gasteiger partial charge in [-0.2, -0.15) is 4.98 Å². The molecule has 0 spiro atoms. The molecule has 2 aromatic heterocycles. The Bertz CT molecular complexity index is 1140. The normalized spacial score (nSPS) is 13.1. The summed E-state index contributed by atoms with van der Waals surface area (Å²) in [6.07, 6.45) is 3.84. The molecule has 1 aliphatic rings. The van der Waals surface area contributed by atoms with Crippen molar-refractivity contribution >= 4 is 28.3 Å². The average molecular weight is 458 g/mol. The monoisotopic (exact) mass is 457 g/mol. The lowest BCUT2D eigenvalue weighted by Crippen LogP contribution is -2.09. The molecule has 1 aromatic carbocycles. The molecule has 0 fully saturated rings. The smallest absolute Gasteiger partial charge is 0.261 e. The number of amides is 1. The highest BCUT2D eigenvalue weighted by Gasteiger charge is 2.26. The summed E-state index contributed by atoms with van der Waals surface area (Å²) in [7, 11) is 4.62. The largest absolute Gasteiger partial charge is 0.493 e. The predicted octanol–water partition coefficient (Wildman–Crippen LogP) is 3.86. The quantitative estimate of drug-likeness (QED) is 0.534. The van der Waals surface area contributed by atoms with Gasteiger partial charge in [0.25, 0.3) is 5.89 Å². The van der Waals surface area contributed by atoms with E-state index in [1.54, 1.807) is 39.4 Å². The molecular formula is C22H23N3O6S. The number of nitrogens with one attached hydrogen (secondary N) is 1. The van der Waals surface area contributed by atoms with Gasteiger partial charge in [-0.25, -0.2) is 0 Å². The van der Waals surface area contributed by atoms with Crippen molar-refractivity contribution in [2.45, 2.75) is 20.0 Å². The molecule has 0 aliphatic carbocycles. The van der Waals surface area contributed by atoms with Gasteiger partial charge in [-0.15, -0.1) is 11.3 Å². The Morgan fingerprint density at radius 2 is 1.94 bits per heavy atom. The number of rotatable bonds is 7. The Morgan fingerprint density at radius 1 is 1.19 bits per heavy atom. The van der Waals surface area contributed by atoms with E-state index in [9.17, 15) is 4.79 Å². The van der Waals surface area contributed by atoms with E-state index in [0.29, 0.717) is 47.2 Å². The van der Waals surface area contributed by atoms with Crippen LogP contribution in [0.25, 0.3) is 17.5 Å². The van der Waals surface area contributed by atoms with E-state index in [1.165, 1.54) is 24.5 Å². The minimum Gasteiger partial charge on any atom is -0.493 e. The number of aryl methyl sites for hydroxylation is 1. The first-order chi connectivity index (χ1) is 15.5. The number of benzene rings is 1. The summed E-state index contributed by atoms with van der Waals surface area (Å²) in [5, 5.41) is 7.50. The number of anilines is 1. The van der Waals surface area contributed by atoms with E-state index in [4.69, 9.17) is 23.5 Å². The third kappa shape index (κ3) is 4.32. The molecule has 3 heterocycles. The highest BCUT2D eigenvalue weighted by molar-refractivity contribution is 7.17. The van der Waals surface area contributed by atoms with Crippen LogP contribution in [0.15, 0.2) is 22.7 Å². The van der Waals surface area contributed by atoms with Gasteiger partial charge >= 0.3 is 0 Å². The topological polar surface area (TPSA) is 105 Å². The predicted molar refractivity (Wildman–Crippen MR) is 119 cm³/mol. The van der Waals surface area contributed by atoms with Gasteiger partial charge in [-0.05, 0) is 42.7 Å². The number of carbonyl (C=O) groups excluding carboxylic acids is 1. The first-order valence-electron chi connectivity index (χ1n) is 9.86. The van der Waals surface area contributed by atoms with Crippen LogP contribution < -0.4 is 19.5 Å². The van der Waals surface area contributed by atoms with Crippen LogP contribution in [-0.2, 0) is 22.6 Å². The number of aromatic nitrogens is 2. The van der Waals surface area contributed by atoms with E-state index in [1.807, 2.05) is 0 Å². The van der Waals surface area contributed by atoms with E-state index >= 15 is 0 Å². The van der Waals surface area contributed by atoms with Crippen molar-refractivity contribution in [3.63, 3.8) is 0 Å². The summed E-state index contributed by atoms with van der Waals surface area (Å²) in [5.74, 6) is 2.13. The van der Waals surface area contributed by atoms with Crippen molar-refractivity contribution in [2.24, 2.45) is 0 Å². The molecule has 1 amide bonds. The van der Waals surface area contributed by atoms with Gasteiger partial charge in [0.05, 0.1) is 40.1 Å². The number of hydrogen-bond acceptors (Lipinski definition) is 9. The lowest BCUT2D eigenvalue weighted by Gasteiger charge is -2.12. The molecule has 0 radical (unpaired) electrons. The molecule has 0 saturated carbocycles. The van der Waals surface area contributed by atoms with Gasteiger partial charge in [0.15, 0.2) is 17.3 Å². The van der Waals surface area contributed by atoms with Gasteiger partial charge in [-0.3, -0.25) is 4.79 Å². The molecule has 10 heteroatoms. The maximum absolute atomic E-state index is 12.7. The van der Waals surface area contributed by atoms with E-state index in [-0.39, 0.29) is 5.91 Å².